The Morgan fingerprint density at radius 2 is 1.77 bits per heavy atom. The average molecular weight is 599 g/mol. The van der Waals surface area contributed by atoms with Crippen molar-refractivity contribution in [2.24, 2.45) is 0 Å². The molecule has 9 nitrogen and oxygen atoms in total. The maximum atomic E-state index is 14.5. The number of rotatable bonds is 7. The Bertz CT molecular complexity index is 1660. The van der Waals surface area contributed by atoms with E-state index in [0.29, 0.717) is 34.3 Å². The van der Waals surface area contributed by atoms with Crippen LogP contribution in [0.5, 0.6) is 0 Å². The van der Waals surface area contributed by atoms with Gasteiger partial charge >= 0.3 is 6.18 Å². The number of carbonyl (C=O) groups excluding carboxylic acids is 1. The van der Waals surface area contributed by atoms with Crippen LogP contribution in [0, 0.1) is 5.82 Å². The van der Waals surface area contributed by atoms with Gasteiger partial charge in [0.2, 0.25) is 15.9 Å². The van der Waals surface area contributed by atoms with Gasteiger partial charge in [0.1, 0.15) is 21.8 Å². The van der Waals surface area contributed by atoms with Crippen LogP contribution in [0.4, 0.5) is 17.6 Å². The monoisotopic (exact) mass is 598 g/mol. The van der Waals surface area contributed by atoms with Gasteiger partial charge in [-0.2, -0.15) is 13.2 Å². The standard InChI is InChI=1S/C25H22F4N4O5S2/c26-17-10-9-16(25(27,28)29)12-22(17)40(37,38)32-20(24-30-18-3-1-2-4-19(18)31-24)11-14-5-7-15(8-6-14)21-13-23(34)33-39(21,35)36/h1-10,12,20-21,32,35-36H,11,13H2,(H,30,31)(H,33,34)/t20-,21?/m0/s1. The van der Waals surface area contributed by atoms with Crippen molar-refractivity contribution in [2.45, 2.75) is 35.2 Å². The number of sulfonamides is 1. The summed E-state index contributed by atoms with van der Waals surface area (Å²) in [7, 11) is -8.19. The van der Waals surface area contributed by atoms with Crippen LogP contribution in [0.2, 0.25) is 0 Å². The van der Waals surface area contributed by atoms with E-state index >= 15 is 0 Å². The second-order valence-electron chi connectivity index (χ2n) is 9.21. The highest BCUT2D eigenvalue weighted by atomic mass is 32.3. The minimum absolute atomic E-state index is 0.0575. The van der Waals surface area contributed by atoms with Crippen LogP contribution in [-0.4, -0.2) is 33.4 Å². The number of aromatic amines is 1. The van der Waals surface area contributed by atoms with Crippen molar-refractivity contribution in [3.63, 3.8) is 0 Å². The van der Waals surface area contributed by atoms with E-state index in [1.165, 1.54) is 0 Å². The molecule has 1 aromatic heterocycles. The highest BCUT2D eigenvalue weighted by Crippen LogP contribution is 2.56. The number of fused-ring (bicyclic) bond motifs is 1. The van der Waals surface area contributed by atoms with Crippen LogP contribution in [0.25, 0.3) is 11.0 Å². The Labute approximate surface area is 227 Å². The predicted octanol–water partition coefficient (Wildman–Crippen LogP) is 5.21. The van der Waals surface area contributed by atoms with Crippen molar-refractivity contribution in [3.05, 3.63) is 95.1 Å². The number of amides is 1. The van der Waals surface area contributed by atoms with Crippen molar-refractivity contribution in [2.75, 3.05) is 0 Å². The number of nitrogens with one attached hydrogen (secondary N) is 3. The first-order chi connectivity index (χ1) is 18.7. The molecule has 212 valence electrons. The van der Waals surface area contributed by atoms with Gasteiger partial charge in [0.15, 0.2) is 0 Å². The van der Waals surface area contributed by atoms with Crippen molar-refractivity contribution in [1.29, 1.82) is 0 Å². The van der Waals surface area contributed by atoms with Crippen molar-refractivity contribution in [3.8, 4) is 0 Å². The summed E-state index contributed by atoms with van der Waals surface area (Å²) >= 11 is 0. The van der Waals surface area contributed by atoms with Crippen molar-refractivity contribution < 1.29 is 39.9 Å². The lowest BCUT2D eigenvalue weighted by atomic mass is 10.0. The van der Waals surface area contributed by atoms with E-state index in [1.807, 2.05) is 0 Å². The lowest BCUT2D eigenvalue weighted by molar-refractivity contribution is -0.137. The Morgan fingerprint density at radius 1 is 1.07 bits per heavy atom. The molecule has 1 aliphatic rings. The van der Waals surface area contributed by atoms with Gasteiger partial charge < -0.3 is 4.98 Å². The smallest absolute Gasteiger partial charge is 0.341 e. The number of hydrogen-bond acceptors (Lipinski definition) is 6. The maximum absolute atomic E-state index is 14.5. The molecule has 1 fully saturated rings. The molecule has 1 aliphatic heterocycles. The van der Waals surface area contributed by atoms with E-state index in [-0.39, 0.29) is 24.7 Å². The summed E-state index contributed by atoms with van der Waals surface area (Å²) in [6.45, 7) is 0. The topological polar surface area (TPSA) is 144 Å². The van der Waals surface area contributed by atoms with Gasteiger partial charge in [-0.3, -0.25) is 18.6 Å². The summed E-state index contributed by atoms with van der Waals surface area (Å²) in [5, 5.41) is -0.859. The summed E-state index contributed by atoms with van der Waals surface area (Å²) in [4.78, 5) is 17.9. The van der Waals surface area contributed by atoms with Crippen LogP contribution < -0.4 is 9.44 Å². The van der Waals surface area contributed by atoms with E-state index in [9.17, 15) is 39.9 Å². The summed E-state index contributed by atoms with van der Waals surface area (Å²) in [5.41, 5.74) is 0.761. The molecule has 0 radical (unpaired) electrons. The fraction of sp³-hybridized carbons (Fsp3) is 0.200. The number of hydrogen-bond donors (Lipinski definition) is 5. The molecule has 0 bridgehead atoms. The van der Waals surface area contributed by atoms with Gasteiger partial charge in [-0.1, -0.05) is 36.4 Å². The second kappa shape index (κ2) is 10.2. The zero-order valence-electron chi connectivity index (χ0n) is 20.3. The summed E-state index contributed by atoms with van der Waals surface area (Å²) in [5.74, 6) is -1.72. The number of benzene rings is 3. The Balaban J connectivity index is 1.48. The van der Waals surface area contributed by atoms with Crippen LogP contribution in [-0.2, 0) is 27.4 Å². The number of H-pyrrole nitrogens is 1. The van der Waals surface area contributed by atoms with Gasteiger partial charge in [-0.15, -0.1) is 10.8 Å². The number of imidazole rings is 1. The molecule has 0 aliphatic carbocycles. The zero-order valence-corrected chi connectivity index (χ0v) is 21.9. The number of nitrogens with zero attached hydrogens (tertiary/aromatic N) is 1. The molecule has 1 unspecified atom stereocenters. The molecule has 2 atom stereocenters. The molecule has 1 saturated heterocycles. The fourth-order valence-corrected chi connectivity index (χ4v) is 7.23. The first-order valence-electron chi connectivity index (χ1n) is 11.7. The Kier molecular flexibility index (Phi) is 7.12. The lowest BCUT2D eigenvalue weighted by Crippen LogP contribution is -2.31. The van der Waals surface area contributed by atoms with Crippen LogP contribution in [0.15, 0.2) is 71.6 Å². The molecule has 3 aromatic carbocycles. The minimum Gasteiger partial charge on any atom is -0.341 e. The summed E-state index contributed by atoms with van der Waals surface area (Å²) in [6.07, 6.45) is -5.07. The zero-order chi connectivity index (χ0) is 28.9. The summed E-state index contributed by atoms with van der Waals surface area (Å²) < 4.78 is 105. The number of para-hydroxylation sites is 2. The normalized spacial score (nSPS) is 18.9. The van der Waals surface area contributed by atoms with Crippen LogP contribution >= 0.6 is 10.8 Å². The Morgan fingerprint density at radius 3 is 2.40 bits per heavy atom. The number of aromatic nitrogens is 2. The molecule has 2 heterocycles. The Hall–Kier alpha value is -3.50. The highest BCUT2D eigenvalue weighted by Gasteiger charge is 2.38. The van der Waals surface area contributed by atoms with Crippen molar-refractivity contribution >= 4 is 37.7 Å². The van der Waals surface area contributed by atoms with E-state index in [2.05, 4.69) is 19.4 Å². The molecule has 15 heteroatoms. The molecule has 0 saturated carbocycles. The molecular weight excluding hydrogens is 576 g/mol. The predicted molar refractivity (Wildman–Crippen MR) is 139 cm³/mol. The minimum atomic E-state index is -4.89. The van der Waals surface area contributed by atoms with Gasteiger partial charge in [0, 0.05) is 0 Å². The highest BCUT2D eigenvalue weighted by molar-refractivity contribution is 8.23. The molecule has 5 N–H and O–H groups in total. The van der Waals surface area contributed by atoms with Gasteiger partial charge in [-0.25, -0.2) is 22.5 Å². The molecule has 0 spiro atoms. The van der Waals surface area contributed by atoms with Gasteiger partial charge in [0.05, 0.1) is 29.1 Å². The first-order valence-corrected chi connectivity index (χ1v) is 14.8. The number of alkyl halides is 3. The largest absolute Gasteiger partial charge is 0.416 e. The molecular formula is C25H22F4N4O5S2. The molecule has 40 heavy (non-hydrogen) atoms. The van der Waals surface area contributed by atoms with E-state index < -0.39 is 60.5 Å². The third-order valence-electron chi connectivity index (χ3n) is 6.41. The van der Waals surface area contributed by atoms with Gasteiger partial charge in [0.25, 0.3) is 0 Å². The van der Waals surface area contributed by atoms with Crippen LogP contribution in [0.1, 0.15) is 40.2 Å². The second-order valence-corrected chi connectivity index (χ2v) is 12.9. The number of carbonyl (C=O) groups is 1. The lowest BCUT2D eigenvalue weighted by Gasteiger charge is -2.32. The summed E-state index contributed by atoms with van der Waals surface area (Å²) in [6, 6.07) is 13.1. The third kappa shape index (κ3) is 5.69. The molecule has 5 rings (SSSR count). The third-order valence-corrected chi connectivity index (χ3v) is 9.65. The maximum Gasteiger partial charge on any atom is 0.416 e. The van der Waals surface area contributed by atoms with E-state index in [0.717, 1.165) is 0 Å². The molecule has 1 amide bonds. The van der Waals surface area contributed by atoms with Gasteiger partial charge in [-0.05, 0) is 47.9 Å². The number of halogens is 4. The fourth-order valence-electron chi connectivity index (χ4n) is 4.44. The SMILES string of the molecule is O=C1CC(c2ccc(C[C@H](NS(=O)(=O)c3cc(C(F)(F)F)ccc3F)c3nc4ccccc4[nH]3)cc2)S(O)(O)N1. The van der Waals surface area contributed by atoms with Crippen LogP contribution in [0.3, 0.4) is 0 Å². The first kappa shape index (κ1) is 28.0. The molecule has 4 aromatic rings. The van der Waals surface area contributed by atoms with E-state index in [4.69, 9.17) is 0 Å². The average Bonchev–Trinajstić information content (AvgIpc) is 3.42. The van der Waals surface area contributed by atoms with E-state index in [1.54, 1.807) is 48.5 Å². The van der Waals surface area contributed by atoms with Crippen molar-refractivity contribution in [1.82, 2.24) is 19.4 Å². The quantitative estimate of drug-likeness (QED) is 0.185.